The van der Waals surface area contributed by atoms with Crippen LogP contribution in [0.25, 0.3) is 0 Å². The van der Waals surface area contributed by atoms with Crippen LogP contribution in [0.1, 0.15) is 181 Å². The number of ether oxygens (including phenoxy) is 2. The maximum atomic E-state index is 12.6. The van der Waals surface area contributed by atoms with E-state index in [2.05, 4.69) is 31.4 Å². The van der Waals surface area contributed by atoms with Crippen molar-refractivity contribution in [2.75, 3.05) is 26.4 Å². The van der Waals surface area contributed by atoms with Gasteiger partial charge < -0.3 is 34.8 Å². The van der Waals surface area contributed by atoms with Gasteiger partial charge in [0.05, 0.1) is 32.0 Å². The minimum Gasteiger partial charge on any atom is -0.462 e. The molecule has 0 amide bonds. The molecule has 0 bridgehead atoms. The number of esters is 2. The summed E-state index contributed by atoms with van der Waals surface area (Å²) in [6.45, 7) is 4.46. The predicted octanol–water partition coefficient (Wildman–Crippen LogP) is 8.63. The Morgan fingerprint density at radius 1 is 0.630 bits per heavy atom. The molecule has 0 aromatic rings. The summed E-state index contributed by atoms with van der Waals surface area (Å²) in [6.07, 6.45) is 23.5. The van der Waals surface area contributed by atoms with Crippen molar-refractivity contribution in [3.63, 3.8) is 0 Å². The fourth-order valence-electron chi connectivity index (χ4n) is 5.85. The monoisotopic (exact) mass is 795 g/mol. The van der Waals surface area contributed by atoms with E-state index in [1.165, 1.54) is 64.2 Å². The van der Waals surface area contributed by atoms with Crippen LogP contribution in [0.2, 0.25) is 0 Å². The van der Waals surface area contributed by atoms with Crippen LogP contribution in [-0.4, -0.2) is 88.1 Å². The van der Waals surface area contributed by atoms with Crippen LogP contribution in [0.3, 0.4) is 0 Å². The smallest absolute Gasteiger partial charge is 0.462 e. The van der Waals surface area contributed by atoms with E-state index < -0.39 is 64.0 Å². The Morgan fingerprint density at radius 2 is 1.15 bits per heavy atom. The number of phosphoric ester groups is 1. The minimum atomic E-state index is -4.65. The number of unbranched alkanes of at least 4 members (excludes halogenated alkanes) is 17. The second kappa shape index (κ2) is 36.0. The fraction of sp³-hybridized carbons (Fsp3) is 0.902. The molecule has 5 N–H and O–H groups in total. The Bertz CT molecular complexity index is 962. The van der Waals surface area contributed by atoms with Crippen LogP contribution in [0, 0.1) is 5.92 Å². The minimum absolute atomic E-state index is 0.145. The van der Waals surface area contributed by atoms with Gasteiger partial charge in [-0.1, -0.05) is 142 Å². The summed E-state index contributed by atoms with van der Waals surface area (Å²) >= 11 is 0. The highest BCUT2D eigenvalue weighted by molar-refractivity contribution is 7.47. The van der Waals surface area contributed by atoms with Crippen molar-refractivity contribution in [3.05, 3.63) is 12.2 Å². The standard InChI is InChI=1S/C41H79O12P/c1-4-5-6-7-17-22-27-38(44)39(45)28-23-18-15-20-24-29-40(46)50-33-37(34-52-54(48,49)51-32-36(43)31-42)53-41(47)30-25-19-14-12-10-8-9-11-13-16-21-26-35(2)3/h17,22,35-39,42-45H,4-16,18-21,23-34H2,1-3H3,(H,48,49)/b22-17-/t36-,37+,38+,39+/m0/s1. The van der Waals surface area contributed by atoms with Gasteiger partial charge in [0.25, 0.3) is 0 Å². The van der Waals surface area contributed by atoms with E-state index in [1.807, 2.05) is 6.08 Å². The van der Waals surface area contributed by atoms with E-state index in [9.17, 15) is 34.4 Å². The van der Waals surface area contributed by atoms with Gasteiger partial charge in [-0.25, -0.2) is 4.57 Å². The third-order valence-corrected chi connectivity index (χ3v) is 10.2. The number of phosphoric acid groups is 1. The summed E-state index contributed by atoms with van der Waals surface area (Å²) in [7, 11) is -4.65. The first kappa shape index (κ1) is 52.6. The fourth-order valence-corrected chi connectivity index (χ4v) is 6.64. The Hall–Kier alpha value is -1.37. The van der Waals surface area contributed by atoms with Crippen LogP contribution in [0.5, 0.6) is 0 Å². The second-order valence-electron chi connectivity index (χ2n) is 15.2. The van der Waals surface area contributed by atoms with Crippen LogP contribution < -0.4 is 0 Å². The van der Waals surface area contributed by atoms with Crippen molar-refractivity contribution in [2.45, 2.75) is 206 Å². The van der Waals surface area contributed by atoms with Gasteiger partial charge in [0.15, 0.2) is 6.10 Å². The highest BCUT2D eigenvalue weighted by atomic mass is 31.2. The summed E-state index contributed by atoms with van der Waals surface area (Å²) in [4.78, 5) is 35.0. The Kier molecular flexibility index (Phi) is 35.1. The molecule has 13 heteroatoms. The molecule has 5 atom stereocenters. The van der Waals surface area contributed by atoms with Gasteiger partial charge in [0.2, 0.25) is 0 Å². The molecule has 0 aliphatic carbocycles. The highest BCUT2D eigenvalue weighted by Crippen LogP contribution is 2.43. The zero-order valence-electron chi connectivity index (χ0n) is 34.1. The second-order valence-corrected chi connectivity index (χ2v) is 16.6. The quantitative estimate of drug-likeness (QED) is 0.0173. The van der Waals surface area contributed by atoms with E-state index in [-0.39, 0.29) is 19.4 Å². The number of aliphatic hydroxyl groups excluding tert-OH is 4. The van der Waals surface area contributed by atoms with Gasteiger partial charge in [-0.3, -0.25) is 18.6 Å². The van der Waals surface area contributed by atoms with Crippen molar-refractivity contribution in [3.8, 4) is 0 Å². The topological polar surface area (TPSA) is 189 Å². The lowest BCUT2D eigenvalue weighted by Crippen LogP contribution is -2.29. The van der Waals surface area contributed by atoms with E-state index in [4.69, 9.17) is 19.1 Å². The molecule has 0 radical (unpaired) electrons. The van der Waals surface area contributed by atoms with E-state index >= 15 is 0 Å². The summed E-state index contributed by atoms with van der Waals surface area (Å²) in [5.41, 5.74) is 0. The van der Waals surface area contributed by atoms with Crippen LogP contribution >= 0.6 is 7.82 Å². The first-order valence-electron chi connectivity index (χ1n) is 21.2. The van der Waals surface area contributed by atoms with E-state index in [0.717, 1.165) is 63.7 Å². The van der Waals surface area contributed by atoms with Crippen molar-refractivity contribution in [1.82, 2.24) is 0 Å². The number of carbonyl (C=O) groups excluding carboxylic acids is 2. The average molecular weight is 795 g/mol. The van der Waals surface area contributed by atoms with Crippen molar-refractivity contribution in [2.24, 2.45) is 5.92 Å². The molecule has 0 aromatic heterocycles. The van der Waals surface area contributed by atoms with Crippen LogP contribution in [0.15, 0.2) is 12.2 Å². The molecule has 1 unspecified atom stereocenters. The van der Waals surface area contributed by atoms with Gasteiger partial charge >= 0.3 is 19.8 Å². The van der Waals surface area contributed by atoms with Crippen LogP contribution in [0.4, 0.5) is 0 Å². The zero-order valence-corrected chi connectivity index (χ0v) is 35.0. The third-order valence-electron chi connectivity index (χ3n) is 9.30. The summed E-state index contributed by atoms with van der Waals surface area (Å²) in [6, 6.07) is 0. The molecule has 0 spiro atoms. The van der Waals surface area contributed by atoms with E-state index in [0.29, 0.717) is 25.7 Å². The summed E-state index contributed by atoms with van der Waals surface area (Å²) < 4.78 is 32.6. The molecule has 0 aromatic carbocycles. The normalized spacial score (nSPS) is 15.3. The number of carbonyl (C=O) groups is 2. The lowest BCUT2D eigenvalue weighted by atomic mass is 10.0. The molecule has 0 fully saturated rings. The molecular formula is C41H79O12P. The average Bonchev–Trinajstić information content (AvgIpc) is 3.14. The van der Waals surface area contributed by atoms with Crippen LogP contribution in [-0.2, 0) is 32.7 Å². The maximum absolute atomic E-state index is 12.6. The van der Waals surface area contributed by atoms with E-state index in [1.54, 1.807) is 0 Å². The van der Waals surface area contributed by atoms with Crippen molar-refractivity contribution < 1.29 is 58.0 Å². The summed E-state index contributed by atoms with van der Waals surface area (Å²) in [5, 5.41) is 38.7. The number of hydrogen-bond acceptors (Lipinski definition) is 11. The molecule has 0 aliphatic rings. The molecule has 320 valence electrons. The lowest BCUT2D eigenvalue weighted by Gasteiger charge is -2.20. The molecule has 54 heavy (non-hydrogen) atoms. The third kappa shape index (κ3) is 35.1. The van der Waals surface area contributed by atoms with Gasteiger partial charge in [0, 0.05) is 12.8 Å². The highest BCUT2D eigenvalue weighted by Gasteiger charge is 2.27. The molecule has 0 rings (SSSR count). The zero-order chi connectivity index (χ0) is 40.3. The molecule has 0 saturated carbocycles. The molecule has 0 saturated heterocycles. The predicted molar refractivity (Wildman–Crippen MR) is 213 cm³/mol. The molecule has 12 nitrogen and oxygen atoms in total. The summed E-state index contributed by atoms with van der Waals surface area (Å²) in [5.74, 6) is -0.245. The first-order chi connectivity index (χ1) is 25.9. The number of rotatable bonds is 39. The number of hydrogen-bond donors (Lipinski definition) is 5. The van der Waals surface area contributed by atoms with Gasteiger partial charge in [0.1, 0.15) is 12.7 Å². The van der Waals surface area contributed by atoms with Gasteiger partial charge in [-0.05, 0) is 44.4 Å². The maximum Gasteiger partial charge on any atom is 0.472 e. The Balaban J connectivity index is 4.41. The Labute approximate surface area is 327 Å². The number of aliphatic hydroxyl groups is 4. The molecular weight excluding hydrogens is 715 g/mol. The number of allylic oxidation sites excluding steroid dienone is 1. The Morgan fingerprint density at radius 3 is 1.70 bits per heavy atom. The van der Waals surface area contributed by atoms with Crippen molar-refractivity contribution >= 4 is 19.8 Å². The first-order valence-corrected chi connectivity index (χ1v) is 22.7. The van der Waals surface area contributed by atoms with Crippen molar-refractivity contribution in [1.29, 1.82) is 0 Å². The largest absolute Gasteiger partial charge is 0.472 e. The SMILES string of the molecule is CCCCC/C=C\C[C@@H](O)[C@H](O)CCCCCCCC(=O)OC[C@H](COP(=O)(O)OC[C@@H](O)CO)OC(=O)CCCCCCCCCCCCCC(C)C. The molecule has 0 aliphatic heterocycles. The molecule has 0 heterocycles. The van der Waals surface area contributed by atoms with Gasteiger partial charge in [-0.15, -0.1) is 0 Å². The van der Waals surface area contributed by atoms with Gasteiger partial charge in [-0.2, -0.15) is 0 Å². The lowest BCUT2D eigenvalue weighted by molar-refractivity contribution is -0.161.